The van der Waals surface area contributed by atoms with E-state index in [1.165, 1.54) is 6.33 Å². The number of anilines is 1. The summed E-state index contributed by atoms with van der Waals surface area (Å²) in [5, 5.41) is 4.24. The summed E-state index contributed by atoms with van der Waals surface area (Å²) in [6, 6.07) is 2.08. The topological polar surface area (TPSA) is 92.7 Å². The number of aryl methyl sites for hydroxylation is 1. The van der Waals surface area contributed by atoms with Gasteiger partial charge in [0.25, 0.3) is 5.78 Å². The van der Waals surface area contributed by atoms with E-state index in [1.54, 1.807) is 4.52 Å². The van der Waals surface area contributed by atoms with Gasteiger partial charge >= 0.3 is 0 Å². The fourth-order valence-corrected chi connectivity index (χ4v) is 2.83. The van der Waals surface area contributed by atoms with Gasteiger partial charge in [0.05, 0.1) is 0 Å². The van der Waals surface area contributed by atoms with Crippen LogP contribution in [-0.2, 0) is 4.79 Å². The Labute approximate surface area is 135 Å². The smallest absolute Gasteiger partial charge is 0.254 e. The monoisotopic (exact) mass is 317 g/mol. The van der Waals surface area contributed by atoms with Gasteiger partial charge < -0.3 is 15.5 Å². The van der Waals surface area contributed by atoms with Crippen molar-refractivity contribution in [3.63, 3.8) is 0 Å². The lowest BCUT2D eigenvalue weighted by atomic mass is 10.1. The molecule has 1 atom stereocenters. The summed E-state index contributed by atoms with van der Waals surface area (Å²) in [5.74, 6) is 1.78. The summed E-state index contributed by atoms with van der Waals surface area (Å²) < 4.78 is 1.75. The molecule has 2 aromatic heterocycles. The van der Waals surface area contributed by atoms with E-state index in [-0.39, 0.29) is 11.9 Å². The molecule has 3 rings (SSSR count). The number of nitrogens with zero attached hydrogens (tertiary/aromatic N) is 6. The molecule has 1 fully saturated rings. The molecule has 1 aliphatic rings. The van der Waals surface area contributed by atoms with Crippen molar-refractivity contribution in [1.82, 2.24) is 24.5 Å². The SMILES string of the molecule is Cc1cc(N2CCN(C(=O)CCC(C)N)CC2)n2ncnc2n1. The molecule has 0 radical (unpaired) electrons. The number of piperazine rings is 1. The van der Waals surface area contributed by atoms with Crippen LogP contribution in [0.15, 0.2) is 12.4 Å². The number of carbonyl (C=O) groups is 1. The molecule has 1 amide bonds. The van der Waals surface area contributed by atoms with Crippen LogP contribution in [0.4, 0.5) is 5.82 Å². The minimum absolute atomic E-state index is 0.0700. The quantitative estimate of drug-likeness (QED) is 0.866. The zero-order valence-electron chi connectivity index (χ0n) is 13.6. The first-order chi connectivity index (χ1) is 11.0. The summed E-state index contributed by atoms with van der Waals surface area (Å²) in [4.78, 5) is 24.9. The van der Waals surface area contributed by atoms with Crippen molar-refractivity contribution in [3.8, 4) is 0 Å². The maximum atomic E-state index is 12.2. The maximum Gasteiger partial charge on any atom is 0.254 e. The Hall–Kier alpha value is -2.22. The van der Waals surface area contributed by atoms with Crippen LogP contribution in [0, 0.1) is 6.92 Å². The summed E-state index contributed by atoms with van der Waals surface area (Å²) >= 11 is 0. The van der Waals surface area contributed by atoms with Crippen LogP contribution in [0.3, 0.4) is 0 Å². The lowest BCUT2D eigenvalue weighted by Gasteiger charge is -2.36. The first-order valence-electron chi connectivity index (χ1n) is 8.00. The maximum absolute atomic E-state index is 12.2. The highest BCUT2D eigenvalue weighted by Crippen LogP contribution is 2.18. The second-order valence-corrected chi connectivity index (χ2v) is 6.11. The second-order valence-electron chi connectivity index (χ2n) is 6.11. The number of hydrogen-bond donors (Lipinski definition) is 1. The molecule has 8 heteroatoms. The van der Waals surface area contributed by atoms with E-state index in [0.717, 1.165) is 44.1 Å². The third-order valence-electron chi connectivity index (χ3n) is 4.13. The summed E-state index contributed by atoms with van der Waals surface area (Å²) in [6.07, 6.45) is 2.78. The molecule has 8 nitrogen and oxygen atoms in total. The minimum Gasteiger partial charge on any atom is -0.353 e. The Morgan fingerprint density at radius 1 is 1.35 bits per heavy atom. The molecule has 1 saturated heterocycles. The highest BCUT2D eigenvalue weighted by Gasteiger charge is 2.23. The van der Waals surface area contributed by atoms with E-state index in [2.05, 4.69) is 20.0 Å². The number of carbonyl (C=O) groups excluding carboxylic acids is 1. The van der Waals surface area contributed by atoms with Gasteiger partial charge in [-0.1, -0.05) is 0 Å². The fourth-order valence-electron chi connectivity index (χ4n) is 2.83. The van der Waals surface area contributed by atoms with Gasteiger partial charge in [0, 0.05) is 50.4 Å². The molecule has 1 aliphatic heterocycles. The van der Waals surface area contributed by atoms with E-state index >= 15 is 0 Å². The Morgan fingerprint density at radius 2 is 2.09 bits per heavy atom. The number of rotatable bonds is 4. The van der Waals surface area contributed by atoms with Crippen molar-refractivity contribution in [3.05, 3.63) is 18.1 Å². The van der Waals surface area contributed by atoms with Crippen molar-refractivity contribution in [2.75, 3.05) is 31.1 Å². The van der Waals surface area contributed by atoms with Crippen LogP contribution in [0.1, 0.15) is 25.5 Å². The van der Waals surface area contributed by atoms with Gasteiger partial charge in [0.2, 0.25) is 5.91 Å². The van der Waals surface area contributed by atoms with Crippen molar-refractivity contribution in [1.29, 1.82) is 0 Å². The first kappa shape index (κ1) is 15.7. The van der Waals surface area contributed by atoms with Gasteiger partial charge in [-0.15, -0.1) is 0 Å². The molecule has 0 bridgehead atoms. The highest BCUT2D eigenvalue weighted by atomic mass is 16.2. The molecule has 0 spiro atoms. The van der Waals surface area contributed by atoms with Crippen molar-refractivity contribution < 1.29 is 4.79 Å². The number of fused-ring (bicyclic) bond motifs is 1. The average molecular weight is 317 g/mol. The third kappa shape index (κ3) is 3.42. The molecule has 1 unspecified atom stereocenters. The third-order valence-corrected chi connectivity index (χ3v) is 4.13. The lowest BCUT2D eigenvalue weighted by molar-refractivity contribution is -0.131. The lowest BCUT2D eigenvalue weighted by Crippen LogP contribution is -2.49. The Bertz CT molecular complexity index is 688. The molecule has 2 N–H and O–H groups in total. The first-order valence-corrected chi connectivity index (χ1v) is 8.00. The Morgan fingerprint density at radius 3 is 2.78 bits per heavy atom. The predicted octanol–water partition coefficient (Wildman–Crippen LogP) is 0.209. The Balaban J connectivity index is 1.66. The zero-order valence-corrected chi connectivity index (χ0v) is 13.6. The van der Waals surface area contributed by atoms with E-state index in [0.29, 0.717) is 12.2 Å². The van der Waals surface area contributed by atoms with E-state index in [1.807, 2.05) is 24.8 Å². The number of aromatic nitrogens is 4. The van der Waals surface area contributed by atoms with Crippen molar-refractivity contribution in [2.45, 2.75) is 32.7 Å². The van der Waals surface area contributed by atoms with Gasteiger partial charge in [0.1, 0.15) is 12.1 Å². The van der Waals surface area contributed by atoms with Gasteiger partial charge in [-0.2, -0.15) is 14.6 Å². The minimum atomic E-state index is 0.0700. The predicted molar refractivity (Wildman–Crippen MR) is 87.2 cm³/mol. The molecule has 3 heterocycles. The average Bonchev–Trinajstić information content (AvgIpc) is 3.00. The van der Waals surface area contributed by atoms with Gasteiger partial charge in [-0.05, 0) is 20.3 Å². The van der Waals surface area contributed by atoms with Crippen molar-refractivity contribution >= 4 is 17.5 Å². The number of hydrogen-bond acceptors (Lipinski definition) is 6. The molecule has 2 aromatic rings. The van der Waals surface area contributed by atoms with E-state index in [9.17, 15) is 4.79 Å². The van der Waals surface area contributed by atoms with E-state index < -0.39 is 0 Å². The van der Waals surface area contributed by atoms with Gasteiger partial charge in [-0.3, -0.25) is 4.79 Å². The fraction of sp³-hybridized carbons (Fsp3) is 0.600. The van der Waals surface area contributed by atoms with Crippen LogP contribution in [0.5, 0.6) is 0 Å². The van der Waals surface area contributed by atoms with Crippen LogP contribution < -0.4 is 10.6 Å². The number of amides is 1. The van der Waals surface area contributed by atoms with Gasteiger partial charge in [-0.25, -0.2) is 4.98 Å². The van der Waals surface area contributed by atoms with Gasteiger partial charge in [0.15, 0.2) is 0 Å². The molecular weight excluding hydrogens is 294 g/mol. The molecule has 124 valence electrons. The van der Waals surface area contributed by atoms with Crippen LogP contribution in [-0.4, -0.2) is 62.6 Å². The zero-order chi connectivity index (χ0) is 16.4. The molecule has 23 heavy (non-hydrogen) atoms. The summed E-state index contributed by atoms with van der Waals surface area (Å²) in [7, 11) is 0. The largest absolute Gasteiger partial charge is 0.353 e. The molecule has 0 saturated carbocycles. The van der Waals surface area contributed by atoms with Crippen LogP contribution in [0.25, 0.3) is 5.78 Å². The van der Waals surface area contributed by atoms with Crippen LogP contribution >= 0.6 is 0 Å². The number of nitrogens with two attached hydrogens (primary N) is 1. The summed E-state index contributed by atoms with van der Waals surface area (Å²) in [5.41, 5.74) is 6.64. The molecule has 0 aromatic carbocycles. The normalized spacial score (nSPS) is 16.8. The standard InChI is InChI=1S/C15H23N7O/c1-11(16)3-4-14(23)21-7-5-20(6-8-21)13-9-12(2)19-15-17-10-18-22(13)15/h9-11H,3-8,16H2,1-2H3. The molecular formula is C15H23N7O. The van der Waals surface area contributed by atoms with Crippen LogP contribution in [0.2, 0.25) is 0 Å². The van der Waals surface area contributed by atoms with E-state index in [4.69, 9.17) is 5.73 Å². The Kier molecular flexibility index (Phi) is 4.42. The van der Waals surface area contributed by atoms with Crippen molar-refractivity contribution in [2.24, 2.45) is 5.73 Å². The molecule has 0 aliphatic carbocycles. The second kappa shape index (κ2) is 6.49. The highest BCUT2D eigenvalue weighted by molar-refractivity contribution is 5.76. The summed E-state index contributed by atoms with van der Waals surface area (Å²) in [6.45, 7) is 6.88.